The van der Waals surface area contributed by atoms with Crippen molar-refractivity contribution in [2.75, 3.05) is 7.11 Å². The maximum Gasteiger partial charge on any atom is 0.198 e. The largest absolute Gasteiger partial charge is 0.493 e. The lowest BCUT2D eigenvalue weighted by atomic mass is 10.3. The van der Waals surface area contributed by atoms with Gasteiger partial charge in [-0.2, -0.15) is 5.10 Å². The Balaban J connectivity index is 1.51. The standard InChI is InChI=1S/C15H14N6OS/c1-22-11-3-2-6-21-15(11)19-14(20-21)5-4-13-17-7-10(18-13)12-8-16-9-23-12/h2-3,6-9H,4-5H2,1H3,(H,17,18). The van der Waals surface area contributed by atoms with Crippen LogP contribution in [0.1, 0.15) is 11.6 Å². The molecule has 8 heteroatoms. The van der Waals surface area contributed by atoms with Gasteiger partial charge in [0.25, 0.3) is 0 Å². The van der Waals surface area contributed by atoms with Crippen LogP contribution in [0.5, 0.6) is 5.75 Å². The van der Waals surface area contributed by atoms with Crippen LogP contribution in [0.2, 0.25) is 0 Å². The highest BCUT2D eigenvalue weighted by atomic mass is 32.1. The summed E-state index contributed by atoms with van der Waals surface area (Å²) in [6.07, 6.45) is 7.05. The summed E-state index contributed by atoms with van der Waals surface area (Å²) in [7, 11) is 1.63. The average Bonchev–Trinajstić information content (AvgIpc) is 3.30. The van der Waals surface area contributed by atoms with E-state index in [1.54, 1.807) is 28.5 Å². The third-order valence-electron chi connectivity index (χ3n) is 3.49. The van der Waals surface area contributed by atoms with Gasteiger partial charge in [-0.25, -0.2) is 14.5 Å². The van der Waals surface area contributed by atoms with Crippen LogP contribution >= 0.6 is 11.3 Å². The van der Waals surface area contributed by atoms with Crippen molar-refractivity contribution in [3.8, 4) is 16.3 Å². The third-order valence-corrected chi connectivity index (χ3v) is 4.29. The number of rotatable bonds is 5. The number of pyridine rings is 1. The second-order valence-electron chi connectivity index (χ2n) is 4.97. The first-order chi connectivity index (χ1) is 11.3. The van der Waals surface area contributed by atoms with E-state index >= 15 is 0 Å². The maximum atomic E-state index is 5.30. The first-order valence-electron chi connectivity index (χ1n) is 7.15. The minimum Gasteiger partial charge on any atom is -0.493 e. The van der Waals surface area contributed by atoms with E-state index in [1.807, 2.05) is 30.7 Å². The second-order valence-corrected chi connectivity index (χ2v) is 5.86. The summed E-state index contributed by atoms with van der Waals surface area (Å²) in [4.78, 5) is 17.4. The topological polar surface area (TPSA) is 81.0 Å². The van der Waals surface area contributed by atoms with E-state index in [9.17, 15) is 0 Å². The van der Waals surface area contributed by atoms with Gasteiger partial charge in [-0.15, -0.1) is 11.3 Å². The van der Waals surface area contributed by atoms with Gasteiger partial charge in [0.2, 0.25) is 0 Å². The lowest BCUT2D eigenvalue weighted by molar-refractivity contribution is 0.416. The number of methoxy groups -OCH3 is 1. The quantitative estimate of drug-likeness (QED) is 0.609. The Bertz CT molecular complexity index is 927. The third kappa shape index (κ3) is 2.68. The SMILES string of the molecule is COc1cccn2nc(CCc3nc(-c4cncs4)c[nH]3)nc12. The number of nitrogens with one attached hydrogen (secondary N) is 1. The number of aromatic amines is 1. The highest BCUT2D eigenvalue weighted by molar-refractivity contribution is 7.13. The number of thiazole rings is 1. The molecule has 0 bridgehead atoms. The molecule has 0 amide bonds. The molecule has 0 unspecified atom stereocenters. The zero-order valence-corrected chi connectivity index (χ0v) is 13.2. The molecule has 116 valence electrons. The molecule has 0 saturated carbocycles. The first kappa shape index (κ1) is 13.9. The molecule has 23 heavy (non-hydrogen) atoms. The van der Waals surface area contributed by atoms with E-state index in [-0.39, 0.29) is 0 Å². The average molecular weight is 326 g/mol. The summed E-state index contributed by atoms with van der Waals surface area (Å²) in [5.74, 6) is 2.40. The molecule has 4 aromatic heterocycles. The fraction of sp³-hybridized carbons (Fsp3) is 0.200. The molecule has 7 nitrogen and oxygen atoms in total. The summed E-state index contributed by atoms with van der Waals surface area (Å²) in [5, 5.41) is 4.47. The molecule has 0 aliphatic rings. The van der Waals surface area contributed by atoms with Crippen molar-refractivity contribution in [2.45, 2.75) is 12.8 Å². The zero-order chi connectivity index (χ0) is 15.6. The first-order valence-corrected chi connectivity index (χ1v) is 8.03. The van der Waals surface area contributed by atoms with Gasteiger partial charge in [0.15, 0.2) is 17.2 Å². The Kier molecular flexibility index (Phi) is 3.51. The molecule has 0 radical (unpaired) electrons. The highest BCUT2D eigenvalue weighted by Gasteiger charge is 2.10. The lowest BCUT2D eigenvalue weighted by Crippen LogP contribution is -1.96. The van der Waals surface area contributed by atoms with Crippen LogP contribution < -0.4 is 4.74 Å². The molecule has 4 heterocycles. The van der Waals surface area contributed by atoms with Crippen LogP contribution in [0, 0.1) is 0 Å². The Morgan fingerprint density at radius 3 is 3.09 bits per heavy atom. The van der Waals surface area contributed by atoms with Gasteiger partial charge in [-0.1, -0.05) is 0 Å². The number of nitrogens with zero attached hydrogens (tertiary/aromatic N) is 5. The molecule has 0 aliphatic heterocycles. The molecule has 0 atom stereocenters. The van der Waals surface area contributed by atoms with Gasteiger partial charge >= 0.3 is 0 Å². The smallest absolute Gasteiger partial charge is 0.198 e. The Morgan fingerprint density at radius 1 is 1.30 bits per heavy atom. The van der Waals surface area contributed by atoms with Crippen molar-refractivity contribution >= 4 is 17.0 Å². The Labute approximate surface area is 136 Å². The Hall–Kier alpha value is -2.74. The van der Waals surface area contributed by atoms with Gasteiger partial charge < -0.3 is 9.72 Å². The van der Waals surface area contributed by atoms with E-state index in [0.29, 0.717) is 6.42 Å². The molecule has 0 spiro atoms. The van der Waals surface area contributed by atoms with Crippen molar-refractivity contribution in [3.05, 3.63) is 47.9 Å². The Morgan fingerprint density at radius 2 is 2.26 bits per heavy atom. The van der Waals surface area contributed by atoms with Crippen LogP contribution in [-0.4, -0.2) is 36.7 Å². The highest BCUT2D eigenvalue weighted by Crippen LogP contribution is 2.21. The van der Waals surface area contributed by atoms with Gasteiger partial charge in [0.1, 0.15) is 5.82 Å². The summed E-state index contributed by atoms with van der Waals surface area (Å²) >= 11 is 1.58. The molecule has 0 fully saturated rings. The van der Waals surface area contributed by atoms with Crippen LogP contribution in [0.4, 0.5) is 0 Å². The van der Waals surface area contributed by atoms with Crippen molar-refractivity contribution in [2.24, 2.45) is 0 Å². The molecule has 0 aliphatic carbocycles. The molecular formula is C15H14N6OS. The summed E-state index contributed by atoms with van der Waals surface area (Å²) in [6, 6.07) is 3.76. The van der Waals surface area contributed by atoms with Gasteiger partial charge in [-0.05, 0) is 12.1 Å². The van der Waals surface area contributed by atoms with Crippen molar-refractivity contribution in [1.82, 2.24) is 29.5 Å². The number of ether oxygens (including phenoxy) is 1. The molecule has 0 saturated heterocycles. The fourth-order valence-corrected chi connectivity index (χ4v) is 2.96. The zero-order valence-electron chi connectivity index (χ0n) is 12.4. The van der Waals surface area contributed by atoms with Gasteiger partial charge in [0, 0.05) is 31.4 Å². The number of H-pyrrole nitrogens is 1. The summed E-state index contributed by atoms with van der Waals surface area (Å²) in [6.45, 7) is 0. The van der Waals surface area contributed by atoms with E-state index in [4.69, 9.17) is 4.74 Å². The van der Waals surface area contributed by atoms with Crippen molar-refractivity contribution in [1.29, 1.82) is 0 Å². The molecule has 0 aromatic carbocycles. The molecule has 4 aromatic rings. The normalized spacial score (nSPS) is 11.2. The van der Waals surface area contributed by atoms with Crippen LogP contribution in [0.15, 0.2) is 36.2 Å². The summed E-state index contributed by atoms with van der Waals surface area (Å²) in [5.41, 5.74) is 3.46. The minimum absolute atomic E-state index is 0.709. The second kappa shape index (κ2) is 5.81. The lowest BCUT2D eigenvalue weighted by Gasteiger charge is -1.98. The number of hydrogen-bond acceptors (Lipinski definition) is 6. The predicted octanol–water partition coefficient (Wildman–Crippen LogP) is 2.37. The number of imidazole rings is 1. The van der Waals surface area contributed by atoms with Gasteiger partial charge in [-0.3, -0.25) is 4.98 Å². The number of aryl methyl sites for hydroxylation is 2. The summed E-state index contributed by atoms with van der Waals surface area (Å²) < 4.78 is 7.04. The van der Waals surface area contributed by atoms with Crippen molar-refractivity contribution < 1.29 is 4.74 Å². The van der Waals surface area contributed by atoms with E-state index in [2.05, 4.69) is 25.0 Å². The van der Waals surface area contributed by atoms with Crippen molar-refractivity contribution in [3.63, 3.8) is 0 Å². The minimum atomic E-state index is 0.709. The van der Waals surface area contributed by atoms with E-state index in [0.717, 1.165) is 40.0 Å². The monoisotopic (exact) mass is 326 g/mol. The number of aromatic nitrogens is 6. The predicted molar refractivity (Wildman–Crippen MR) is 86.6 cm³/mol. The fourth-order valence-electron chi connectivity index (χ4n) is 2.38. The van der Waals surface area contributed by atoms with E-state index < -0.39 is 0 Å². The molecular weight excluding hydrogens is 312 g/mol. The van der Waals surface area contributed by atoms with E-state index in [1.165, 1.54) is 0 Å². The van der Waals surface area contributed by atoms with Gasteiger partial charge in [0.05, 0.1) is 23.2 Å². The van der Waals surface area contributed by atoms with Crippen LogP contribution in [0.3, 0.4) is 0 Å². The molecule has 1 N–H and O–H groups in total. The molecule has 4 rings (SSSR count). The van der Waals surface area contributed by atoms with Crippen LogP contribution in [-0.2, 0) is 12.8 Å². The number of fused-ring (bicyclic) bond motifs is 1. The maximum absolute atomic E-state index is 5.30. The van der Waals surface area contributed by atoms with Crippen LogP contribution in [0.25, 0.3) is 16.2 Å². The number of hydrogen-bond donors (Lipinski definition) is 1.